The van der Waals surface area contributed by atoms with E-state index in [2.05, 4.69) is 37.2 Å². The monoisotopic (exact) mass is 721 g/mol. The summed E-state index contributed by atoms with van der Waals surface area (Å²) in [6, 6.07) is 1.48. The van der Waals surface area contributed by atoms with Crippen molar-refractivity contribution in [3.63, 3.8) is 0 Å². The Morgan fingerprint density at radius 1 is 1.15 bits per heavy atom. The second-order valence-electron chi connectivity index (χ2n) is 10.3. The molecule has 6 heterocycles. The summed E-state index contributed by atoms with van der Waals surface area (Å²) in [6.07, 6.45) is -4.03. The van der Waals surface area contributed by atoms with Gasteiger partial charge in [-0.1, -0.05) is 12.2 Å². The largest absolute Gasteiger partial charge is 0.388 e. The number of hydrogen-bond acceptors (Lipinski definition) is 17. The molecule has 0 radical (unpaired) electrons. The van der Waals surface area contributed by atoms with E-state index in [9.17, 15) is 24.5 Å². The quantitative estimate of drug-likeness (QED) is 0.0790. The van der Waals surface area contributed by atoms with Gasteiger partial charge in [-0.2, -0.15) is 9.97 Å². The van der Waals surface area contributed by atoms with Crippen molar-refractivity contribution in [2.45, 2.75) is 49.4 Å². The molecule has 2 aliphatic rings. The fraction of sp³-hybridized carbons (Fsp3) is 0.500. The maximum Gasteiger partial charge on any atom is 0.386 e. The first-order valence-electron chi connectivity index (χ1n) is 13.4. The molecule has 2 fully saturated rings. The molecule has 0 amide bonds. The molecule has 2 unspecified atom stereocenters. The number of thiol groups is 1. The summed E-state index contributed by atoms with van der Waals surface area (Å²) in [7, 11) is 1.16. The average molecular weight is 722 g/mol. The van der Waals surface area contributed by atoms with Crippen molar-refractivity contribution in [2.75, 3.05) is 31.8 Å². The highest BCUT2D eigenvalue weighted by molar-refractivity contribution is 8.44. The Morgan fingerprint density at radius 3 is 2.70 bits per heavy atom. The Morgan fingerprint density at radius 2 is 1.93 bits per heavy atom. The van der Waals surface area contributed by atoms with E-state index in [1.807, 2.05) is 0 Å². The number of ether oxygens (including phenoxy) is 2. The molecule has 4 aromatic heterocycles. The summed E-state index contributed by atoms with van der Waals surface area (Å²) in [5.74, 6) is -0.0317. The third kappa shape index (κ3) is 6.59. The topological polar surface area (TPSA) is 279 Å². The second-order valence-corrected chi connectivity index (χ2v) is 16.1. The van der Waals surface area contributed by atoms with Gasteiger partial charge < -0.3 is 54.6 Å². The van der Waals surface area contributed by atoms with Crippen LogP contribution in [-0.4, -0.2) is 100 Å². The number of nitrogen functional groups attached to an aromatic ring is 2. The van der Waals surface area contributed by atoms with E-state index in [0.29, 0.717) is 0 Å². The normalized spacial score (nSPS) is 29.4. The van der Waals surface area contributed by atoms with Crippen LogP contribution in [0.1, 0.15) is 18.9 Å². The number of fused-ring (bicyclic) bond motifs is 2. The molecule has 0 saturated carbocycles. The summed E-state index contributed by atoms with van der Waals surface area (Å²) in [5.41, 5.74) is 11.9. The number of aromatic nitrogens is 7. The van der Waals surface area contributed by atoms with E-state index in [1.165, 1.54) is 34.1 Å². The van der Waals surface area contributed by atoms with Crippen LogP contribution in [0.3, 0.4) is 0 Å². The number of aliphatic hydroxyl groups is 2. The molecule has 2 aliphatic heterocycles. The standard InChI is InChI=1S/C22H29N9O11P2S2/c1-37-43(35,45)39-6-12-14(33)15(21(41-12)30-3-2-10-17(30)25-7-26-19(10)34)42-44(36,46)38-5-9-4-11(32)20(40-9)31-8-27-13-16(23)28-22(24)29-18(13)31/h2-3,7-9,11-12,14-15,20-21,32-33H,4-6H2,1H3,(H,35,45)(H,36,46)(H,25,26,34)(H4,23,24,28,29)/t9-,11+,12+,14+,15+,20+,21+,43?,44?/m0/s1. The van der Waals surface area contributed by atoms with Gasteiger partial charge in [-0.3, -0.25) is 18.4 Å². The lowest BCUT2D eigenvalue weighted by atomic mass is 10.1. The Kier molecular flexibility index (Phi) is 9.28. The highest BCUT2D eigenvalue weighted by Gasteiger charge is 2.49. The lowest BCUT2D eigenvalue weighted by Gasteiger charge is -2.25. The van der Waals surface area contributed by atoms with Gasteiger partial charge in [0.15, 0.2) is 23.9 Å². The molecule has 4 aromatic rings. The molecule has 8 N–H and O–H groups in total. The Bertz CT molecular complexity index is 1910. The maximum atomic E-state index is 13.5. The Balaban J connectivity index is 1.18. The van der Waals surface area contributed by atoms with Crippen LogP contribution in [-0.2, 0) is 43.9 Å². The number of nitrogens with zero attached hydrogens (tertiary/aromatic N) is 6. The molecule has 24 heteroatoms. The number of nitrogens with one attached hydrogen (secondary N) is 1. The molecule has 20 nitrogen and oxygen atoms in total. The van der Waals surface area contributed by atoms with Crippen LogP contribution in [0, 0.1) is 0 Å². The number of aliphatic hydroxyl groups excluding tert-OH is 2. The smallest absolute Gasteiger partial charge is 0.386 e. The van der Waals surface area contributed by atoms with E-state index in [4.69, 9.17) is 50.8 Å². The molecule has 0 aliphatic carbocycles. The Labute approximate surface area is 268 Å². The van der Waals surface area contributed by atoms with Crippen molar-refractivity contribution in [3.05, 3.63) is 35.3 Å². The van der Waals surface area contributed by atoms with Gasteiger partial charge in [0, 0.05) is 19.7 Å². The van der Waals surface area contributed by atoms with Crippen LogP contribution >= 0.6 is 25.8 Å². The molecule has 9 atom stereocenters. The van der Waals surface area contributed by atoms with Gasteiger partial charge in [-0.05, 0) is 17.9 Å². The van der Waals surface area contributed by atoms with Gasteiger partial charge in [0.1, 0.15) is 35.6 Å². The molecule has 46 heavy (non-hydrogen) atoms. The highest BCUT2D eigenvalue weighted by Crippen LogP contribution is 2.57. The van der Waals surface area contributed by atoms with Crippen molar-refractivity contribution in [2.24, 2.45) is 0 Å². The predicted octanol–water partition coefficient (Wildman–Crippen LogP) is -0.0449. The first-order valence-corrected chi connectivity index (χ1v) is 18.7. The van der Waals surface area contributed by atoms with Crippen LogP contribution in [0.2, 0.25) is 0 Å². The number of anilines is 2. The fourth-order valence-electron chi connectivity index (χ4n) is 5.19. The van der Waals surface area contributed by atoms with Gasteiger partial charge >= 0.3 is 13.5 Å². The van der Waals surface area contributed by atoms with Crippen LogP contribution in [0.15, 0.2) is 29.7 Å². The van der Waals surface area contributed by atoms with Crippen LogP contribution < -0.4 is 17.0 Å². The van der Waals surface area contributed by atoms with Gasteiger partial charge in [0.05, 0.1) is 37.4 Å². The number of hydrogen-bond donors (Lipinski definition) is 7. The first kappa shape index (κ1) is 33.3. The third-order valence-electron chi connectivity index (χ3n) is 7.32. The van der Waals surface area contributed by atoms with E-state index in [0.717, 1.165) is 7.11 Å². The van der Waals surface area contributed by atoms with Crippen molar-refractivity contribution < 1.29 is 47.2 Å². The zero-order valence-corrected chi connectivity index (χ0v) is 27.2. The van der Waals surface area contributed by atoms with Gasteiger partial charge in [0.2, 0.25) is 5.95 Å². The number of H-pyrrole nitrogens is 1. The van der Waals surface area contributed by atoms with E-state index < -0.39 is 68.7 Å². The number of rotatable bonds is 11. The predicted molar refractivity (Wildman–Crippen MR) is 166 cm³/mol. The molecule has 0 bridgehead atoms. The number of aromatic amines is 1. The molecule has 6 rings (SSSR count). The molecule has 250 valence electrons. The lowest BCUT2D eigenvalue weighted by Crippen LogP contribution is -2.35. The van der Waals surface area contributed by atoms with E-state index in [1.54, 1.807) is 0 Å². The number of nitrogens with two attached hydrogens (primary N) is 2. The first-order chi connectivity index (χ1) is 21.8. The molecule has 0 spiro atoms. The molecule has 2 saturated heterocycles. The van der Waals surface area contributed by atoms with Gasteiger partial charge in [-0.25, -0.2) is 14.5 Å². The summed E-state index contributed by atoms with van der Waals surface area (Å²) in [5, 5.41) is 22.1. The summed E-state index contributed by atoms with van der Waals surface area (Å²) in [6.45, 7) is -8.68. The highest BCUT2D eigenvalue weighted by atomic mass is 32.7. The SMILES string of the molecule is COP(O)(=S)OC[C@H]1O[C@@H](n2ccc3c(=O)[nH]cnc32)[C@H](OP(=O)(S)OC[C@@H]2C[C@@H](O)[C@H](n3cnc4c(N)nc(N)nc43)O2)[C@@H]1O. The van der Waals surface area contributed by atoms with E-state index in [-0.39, 0.29) is 47.0 Å². The summed E-state index contributed by atoms with van der Waals surface area (Å²) in [4.78, 5) is 41.1. The maximum absolute atomic E-state index is 13.5. The van der Waals surface area contributed by atoms with Gasteiger partial charge in [0.25, 0.3) is 5.56 Å². The van der Waals surface area contributed by atoms with Crippen LogP contribution in [0.4, 0.5) is 11.8 Å². The van der Waals surface area contributed by atoms with Crippen LogP contribution in [0.25, 0.3) is 22.2 Å². The van der Waals surface area contributed by atoms with Crippen molar-refractivity contribution in [1.29, 1.82) is 0 Å². The summed E-state index contributed by atoms with van der Waals surface area (Å²) < 4.78 is 49.5. The number of imidazole rings is 1. The molecular weight excluding hydrogens is 692 g/mol. The van der Waals surface area contributed by atoms with Crippen molar-refractivity contribution in [1.82, 2.24) is 34.1 Å². The second kappa shape index (κ2) is 12.8. The zero-order chi connectivity index (χ0) is 33.0. The zero-order valence-electron chi connectivity index (χ0n) is 23.7. The molecule has 0 aromatic carbocycles. The minimum absolute atomic E-state index is 0.0580. The average Bonchev–Trinajstić information content (AvgIpc) is 3.77. The minimum atomic E-state index is -4.29. The van der Waals surface area contributed by atoms with Crippen molar-refractivity contribution >= 4 is 71.5 Å². The van der Waals surface area contributed by atoms with Gasteiger partial charge in [-0.15, -0.1) is 0 Å². The van der Waals surface area contributed by atoms with Crippen LogP contribution in [0.5, 0.6) is 0 Å². The fourth-order valence-corrected chi connectivity index (χ4v) is 7.29. The third-order valence-corrected chi connectivity index (χ3v) is 10.6. The lowest BCUT2D eigenvalue weighted by molar-refractivity contribution is -0.0524. The van der Waals surface area contributed by atoms with E-state index >= 15 is 0 Å². The molecular formula is C22H29N9O11P2S2. The van der Waals surface area contributed by atoms with Crippen molar-refractivity contribution in [3.8, 4) is 0 Å². The summed E-state index contributed by atoms with van der Waals surface area (Å²) >= 11 is 8.96. The minimum Gasteiger partial charge on any atom is -0.388 e. The Hall–Kier alpha value is -2.56.